The van der Waals surface area contributed by atoms with Gasteiger partial charge in [0.15, 0.2) is 0 Å². The maximum absolute atomic E-state index is 13.4. The topological polar surface area (TPSA) is 38.0 Å². The highest BCUT2D eigenvalue weighted by atomic mass is 35.5. The SMILES string of the molecule is CCSc1cccc(Nc2cc(F)cc(Cl)c2)c1C(N)=S. The second kappa shape index (κ2) is 7.11. The van der Waals surface area contributed by atoms with Crippen LogP contribution in [-0.2, 0) is 0 Å². The van der Waals surface area contributed by atoms with Crippen molar-refractivity contribution in [1.82, 2.24) is 0 Å². The summed E-state index contributed by atoms with van der Waals surface area (Å²) in [5.41, 5.74) is 7.89. The standard InChI is InChI=1S/C15H14ClFN2S2/c1-2-21-13-5-3-4-12(14(13)15(18)20)19-11-7-9(16)6-10(17)8-11/h3-8,19H,2H2,1H3,(H2,18,20). The normalized spacial score (nSPS) is 10.4. The summed E-state index contributed by atoms with van der Waals surface area (Å²) >= 11 is 12.7. The van der Waals surface area contributed by atoms with E-state index >= 15 is 0 Å². The van der Waals surface area contributed by atoms with Crippen molar-refractivity contribution in [1.29, 1.82) is 0 Å². The van der Waals surface area contributed by atoms with Crippen molar-refractivity contribution in [3.05, 3.63) is 52.8 Å². The maximum atomic E-state index is 13.4. The van der Waals surface area contributed by atoms with Gasteiger partial charge in [0, 0.05) is 26.9 Å². The first-order valence-electron chi connectivity index (χ1n) is 6.30. The molecule has 0 saturated carbocycles. The van der Waals surface area contributed by atoms with Gasteiger partial charge in [-0.3, -0.25) is 0 Å². The number of thiocarbonyl (C=S) groups is 1. The van der Waals surface area contributed by atoms with E-state index in [2.05, 4.69) is 12.2 Å². The minimum Gasteiger partial charge on any atom is -0.389 e. The fourth-order valence-corrected chi connectivity index (χ4v) is 3.30. The van der Waals surface area contributed by atoms with Gasteiger partial charge in [0.05, 0.1) is 0 Å². The molecule has 6 heteroatoms. The van der Waals surface area contributed by atoms with Gasteiger partial charge in [0.1, 0.15) is 10.8 Å². The third-order valence-electron chi connectivity index (χ3n) is 2.71. The zero-order chi connectivity index (χ0) is 15.4. The molecule has 0 saturated heterocycles. The molecule has 2 aromatic rings. The number of rotatable bonds is 5. The van der Waals surface area contributed by atoms with Gasteiger partial charge in [-0.05, 0) is 36.1 Å². The van der Waals surface area contributed by atoms with Gasteiger partial charge in [-0.2, -0.15) is 0 Å². The molecule has 0 atom stereocenters. The molecule has 0 unspecified atom stereocenters. The summed E-state index contributed by atoms with van der Waals surface area (Å²) in [7, 11) is 0. The average molecular weight is 341 g/mol. The molecule has 0 amide bonds. The first-order chi connectivity index (χ1) is 10.0. The van der Waals surface area contributed by atoms with E-state index in [4.69, 9.17) is 29.6 Å². The van der Waals surface area contributed by atoms with Crippen LogP contribution in [0.3, 0.4) is 0 Å². The Bertz CT molecular complexity index is 656. The van der Waals surface area contributed by atoms with Crippen LogP contribution in [0.15, 0.2) is 41.3 Å². The zero-order valence-corrected chi connectivity index (χ0v) is 13.7. The summed E-state index contributed by atoms with van der Waals surface area (Å²) < 4.78 is 13.4. The van der Waals surface area contributed by atoms with Crippen LogP contribution in [0, 0.1) is 5.82 Å². The summed E-state index contributed by atoms with van der Waals surface area (Å²) in [4.78, 5) is 1.30. The van der Waals surface area contributed by atoms with Crippen LogP contribution in [0.5, 0.6) is 0 Å². The van der Waals surface area contributed by atoms with Crippen molar-refractivity contribution >= 4 is 51.9 Å². The van der Waals surface area contributed by atoms with Gasteiger partial charge in [0.2, 0.25) is 0 Å². The van der Waals surface area contributed by atoms with Crippen molar-refractivity contribution in [3.63, 3.8) is 0 Å². The van der Waals surface area contributed by atoms with Crippen LogP contribution in [0.2, 0.25) is 5.02 Å². The molecular formula is C15H14ClFN2S2. The number of halogens is 2. The lowest BCUT2D eigenvalue weighted by molar-refractivity contribution is 0.628. The maximum Gasteiger partial charge on any atom is 0.126 e. The van der Waals surface area contributed by atoms with E-state index in [0.717, 1.165) is 21.9 Å². The Kier molecular flexibility index (Phi) is 5.45. The van der Waals surface area contributed by atoms with Crippen LogP contribution in [0.25, 0.3) is 0 Å². The summed E-state index contributed by atoms with van der Waals surface area (Å²) in [6, 6.07) is 10.00. The smallest absolute Gasteiger partial charge is 0.126 e. The first kappa shape index (κ1) is 16.1. The number of anilines is 2. The van der Waals surface area contributed by atoms with Crippen LogP contribution in [0.4, 0.5) is 15.8 Å². The average Bonchev–Trinajstić information content (AvgIpc) is 2.37. The second-order valence-electron chi connectivity index (χ2n) is 4.26. The van der Waals surface area contributed by atoms with Crippen molar-refractivity contribution in [3.8, 4) is 0 Å². The molecule has 0 aliphatic carbocycles. The van der Waals surface area contributed by atoms with Crippen molar-refractivity contribution in [2.45, 2.75) is 11.8 Å². The molecule has 110 valence electrons. The van der Waals surface area contributed by atoms with E-state index in [-0.39, 0.29) is 0 Å². The lowest BCUT2D eigenvalue weighted by Crippen LogP contribution is -2.13. The van der Waals surface area contributed by atoms with Crippen molar-refractivity contribution in [2.75, 3.05) is 11.1 Å². The summed E-state index contributed by atoms with van der Waals surface area (Å²) in [5, 5.41) is 3.46. The van der Waals surface area contributed by atoms with Crippen LogP contribution in [-0.4, -0.2) is 10.7 Å². The van der Waals surface area contributed by atoms with Crippen LogP contribution >= 0.6 is 35.6 Å². The fourth-order valence-electron chi connectivity index (χ4n) is 1.95. The third kappa shape index (κ3) is 4.09. The predicted molar refractivity (Wildman–Crippen MR) is 93.4 cm³/mol. The summed E-state index contributed by atoms with van der Waals surface area (Å²) in [5.74, 6) is 0.506. The Labute approximate surface area is 137 Å². The molecule has 0 fully saturated rings. The molecule has 3 N–H and O–H groups in total. The van der Waals surface area contributed by atoms with E-state index in [1.807, 2.05) is 18.2 Å². The Balaban J connectivity index is 2.43. The highest BCUT2D eigenvalue weighted by Crippen LogP contribution is 2.31. The van der Waals surface area contributed by atoms with E-state index in [1.54, 1.807) is 17.8 Å². The number of thioether (sulfide) groups is 1. The number of nitrogens with two attached hydrogens (primary N) is 1. The first-order valence-corrected chi connectivity index (χ1v) is 8.07. The minimum atomic E-state index is -0.402. The monoisotopic (exact) mass is 340 g/mol. The summed E-state index contributed by atoms with van der Waals surface area (Å²) in [6.07, 6.45) is 0. The third-order valence-corrected chi connectivity index (χ3v) is 4.08. The van der Waals surface area contributed by atoms with Gasteiger partial charge < -0.3 is 11.1 Å². The fraction of sp³-hybridized carbons (Fsp3) is 0.133. The molecule has 0 aliphatic rings. The molecule has 2 nitrogen and oxygen atoms in total. The molecule has 0 aliphatic heterocycles. The van der Waals surface area contributed by atoms with Crippen molar-refractivity contribution in [2.24, 2.45) is 5.73 Å². The summed E-state index contributed by atoms with van der Waals surface area (Å²) in [6.45, 7) is 2.06. The van der Waals surface area contributed by atoms with Crippen LogP contribution < -0.4 is 11.1 Å². The number of hydrogen-bond donors (Lipinski definition) is 2. The van der Waals surface area contributed by atoms with E-state index in [0.29, 0.717) is 15.7 Å². The largest absolute Gasteiger partial charge is 0.389 e. The molecule has 0 spiro atoms. The number of nitrogens with one attached hydrogen (secondary N) is 1. The lowest BCUT2D eigenvalue weighted by atomic mass is 10.1. The Morgan fingerprint density at radius 1 is 1.38 bits per heavy atom. The predicted octanol–water partition coefficient (Wildman–Crippen LogP) is 4.97. The van der Waals surface area contributed by atoms with Gasteiger partial charge in [-0.15, -0.1) is 11.8 Å². The molecule has 0 aromatic heterocycles. The number of benzene rings is 2. The van der Waals surface area contributed by atoms with E-state index < -0.39 is 5.82 Å². The molecular weight excluding hydrogens is 327 g/mol. The Morgan fingerprint density at radius 2 is 2.14 bits per heavy atom. The van der Waals surface area contributed by atoms with Gasteiger partial charge >= 0.3 is 0 Å². The lowest BCUT2D eigenvalue weighted by Gasteiger charge is -2.15. The zero-order valence-electron chi connectivity index (χ0n) is 11.3. The Morgan fingerprint density at radius 3 is 2.76 bits per heavy atom. The highest BCUT2D eigenvalue weighted by molar-refractivity contribution is 7.99. The minimum absolute atomic E-state index is 0.302. The quantitative estimate of drug-likeness (QED) is 0.595. The number of hydrogen-bond acceptors (Lipinski definition) is 3. The molecule has 2 rings (SSSR count). The molecule has 21 heavy (non-hydrogen) atoms. The molecule has 0 radical (unpaired) electrons. The van der Waals surface area contributed by atoms with Gasteiger partial charge in [0.25, 0.3) is 0 Å². The van der Waals surface area contributed by atoms with Crippen LogP contribution in [0.1, 0.15) is 12.5 Å². The molecule has 2 aromatic carbocycles. The van der Waals surface area contributed by atoms with Gasteiger partial charge in [-0.25, -0.2) is 4.39 Å². The van der Waals surface area contributed by atoms with E-state index in [9.17, 15) is 4.39 Å². The van der Waals surface area contributed by atoms with Crippen molar-refractivity contribution < 1.29 is 4.39 Å². The van der Waals surface area contributed by atoms with E-state index in [1.165, 1.54) is 12.1 Å². The highest BCUT2D eigenvalue weighted by Gasteiger charge is 2.12. The second-order valence-corrected chi connectivity index (χ2v) is 6.44. The Hall–Kier alpha value is -1.30. The van der Waals surface area contributed by atoms with Gasteiger partial charge in [-0.1, -0.05) is 36.8 Å². The molecule has 0 heterocycles. The molecule has 0 bridgehead atoms.